The Morgan fingerprint density at radius 1 is 1.38 bits per heavy atom. The van der Waals surface area contributed by atoms with Crippen LogP contribution in [0.15, 0.2) is 35.7 Å². The third-order valence-corrected chi connectivity index (χ3v) is 2.65. The summed E-state index contributed by atoms with van der Waals surface area (Å²) in [6.07, 6.45) is 1.44. The van der Waals surface area contributed by atoms with E-state index in [0.29, 0.717) is 12.4 Å². The van der Waals surface area contributed by atoms with Gasteiger partial charge in [-0.25, -0.2) is 9.37 Å². The molecule has 0 aliphatic rings. The maximum atomic E-state index is 13.1. The highest BCUT2D eigenvalue weighted by Crippen LogP contribution is 2.16. The maximum Gasteiger partial charge on any atom is 0.183 e. The molecule has 0 spiro atoms. The van der Waals surface area contributed by atoms with E-state index < -0.39 is 0 Å². The Morgan fingerprint density at radius 2 is 2.25 bits per heavy atom. The first-order chi connectivity index (χ1) is 7.86. The van der Waals surface area contributed by atoms with Gasteiger partial charge in [-0.15, -0.1) is 0 Å². The van der Waals surface area contributed by atoms with Gasteiger partial charge < -0.3 is 4.74 Å². The van der Waals surface area contributed by atoms with Gasteiger partial charge in [0.15, 0.2) is 16.7 Å². The van der Waals surface area contributed by atoms with Gasteiger partial charge in [-0.2, -0.15) is 5.10 Å². The van der Waals surface area contributed by atoms with Crippen molar-refractivity contribution in [1.82, 2.24) is 15.2 Å². The molecule has 1 N–H and O–H groups in total. The van der Waals surface area contributed by atoms with E-state index in [1.807, 2.05) is 0 Å². The number of H-pyrrole nitrogens is 1. The number of ether oxygens (including phenoxy) is 1. The third-order valence-electron chi connectivity index (χ3n) is 1.81. The summed E-state index contributed by atoms with van der Waals surface area (Å²) in [5, 5.41) is 7.17. The van der Waals surface area contributed by atoms with E-state index in [1.165, 1.54) is 24.2 Å². The van der Waals surface area contributed by atoms with Crippen molar-refractivity contribution in [2.24, 2.45) is 0 Å². The molecule has 16 heavy (non-hydrogen) atoms. The molecule has 0 aliphatic carbocycles. The molecule has 0 saturated carbocycles. The molecular weight excluding hydrogens is 229 g/mol. The van der Waals surface area contributed by atoms with Crippen molar-refractivity contribution < 1.29 is 9.13 Å². The van der Waals surface area contributed by atoms with Crippen LogP contribution in [0.3, 0.4) is 0 Å². The van der Waals surface area contributed by atoms with Gasteiger partial charge in [0.1, 0.15) is 6.33 Å². The van der Waals surface area contributed by atoms with E-state index in [2.05, 4.69) is 15.2 Å². The predicted molar refractivity (Wildman–Crippen MR) is 59.0 cm³/mol. The van der Waals surface area contributed by atoms with Crippen LogP contribution in [0.1, 0.15) is 0 Å². The first-order valence-electron chi connectivity index (χ1n) is 4.72. The Morgan fingerprint density at radius 3 is 3.00 bits per heavy atom. The first-order valence-corrected chi connectivity index (χ1v) is 5.70. The summed E-state index contributed by atoms with van der Waals surface area (Å²) in [6.45, 7) is 0.423. The first kappa shape index (κ1) is 10.9. The van der Waals surface area contributed by atoms with Crippen LogP contribution in [0, 0.1) is 5.82 Å². The molecule has 0 atom stereocenters. The van der Waals surface area contributed by atoms with Gasteiger partial charge >= 0.3 is 0 Å². The molecule has 0 aliphatic heterocycles. The summed E-state index contributed by atoms with van der Waals surface area (Å²) in [5.74, 6) is 0.622. The van der Waals surface area contributed by atoms with Crippen molar-refractivity contribution in [3.63, 3.8) is 0 Å². The number of aromatic nitrogens is 3. The highest BCUT2D eigenvalue weighted by Gasteiger charge is 2.01. The van der Waals surface area contributed by atoms with Crippen LogP contribution < -0.4 is 4.74 Å². The number of thioether (sulfide) groups is 1. The minimum atomic E-state index is -0.341. The molecule has 1 aromatic carbocycles. The Kier molecular flexibility index (Phi) is 3.76. The Balaban J connectivity index is 1.74. The molecule has 84 valence electrons. The number of nitrogens with zero attached hydrogens (tertiary/aromatic N) is 2. The summed E-state index contributed by atoms with van der Waals surface area (Å²) < 4.78 is 18.4. The fourth-order valence-corrected chi connectivity index (χ4v) is 1.71. The molecule has 4 nitrogen and oxygen atoms in total. The zero-order chi connectivity index (χ0) is 11.2. The minimum absolute atomic E-state index is 0.278. The van der Waals surface area contributed by atoms with Crippen molar-refractivity contribution in [1.29, 1.82) is 0 Å². The molecule has 0 fully saturated rings. The van der Waals surface area contributed by atoms with E-state index in [0.717, 1.165) is 5.16 Å². The second kappa shape index (κ2) is 5.50. The molecule has 0 saturated heterocycles. The SMILES string of the molecule is Fc1ccccc1OCCSc1ncn[nH]1. The number of para-hydroxylation sites is 1. The van der Waals surface area contributed by atoms with Gasteiger partial charge in [-0.05, 0) is 12.1 Å². The summed E-state index contributed by atoms with van der Waals surface area (Å²) in [6, 6.07) is 6.35. The second-order valence-electron chi connectivity index (χ2n) is 2.92. The number of benzene rings is 1. The van der Waals surface area contributed by atoms with E-state index >= 15 is 0 Å². The van der Waals surface area contributed by atoms with E-state index in [-0.39, 0.29) is 11.6 Å². The van der Waals surface area contributed by atoms with Gasteiger partial charge in [0.25, 0.3) is 0 Å². The lowest BCUT2D eigenvalue weighted by molar-refractivity contribution is 0.325. The Bertz CT molecular complexity index is 435. The van der Waals surface area contributed by atoms with Crippen molar-refractivity contribution >= 4 is 11.8 Å². The minimum Gasteiger partial charge on any atom is -0.490 e. The van der Waals surface area contributed by atoms with Gasteiger partial charge in [0.2, 0.25) is 0 Å². The van der Waals surface area contributed by atoms with Crippen LogP contribution in [0.25, 0.3) is 0 Å². The average molecular weight is 239 g/mol. The molecular formula is C10H10FN3OS. The molecule has 1 aromatic heterocycles. The number of hydrogen-bond donors (Lipinski definition) is 1. The van der Waals surface area contributed by atoms with Crippen LogP contribution in [-0.4, -0.2) is 27.5 Å². The number of aromatic amines is 1. The molecule has 0 radical (unpaired) electrons. The summed E-state index contributed by atoms with van der Waals surface area (Å²) in [5.41, 5.74) is 0. The van der Waals surface area contributed by atoms with Crippen LogP contribution >= 0.6 is 11.8 Å². The number of halogens is 1. The number of nitrogens with one attached hydrogen (secondary N) is 1. The van der Waals surface area contributed by atoms with Crippen LogP contribution in [-0.2, 0) is 0 Å². The standard InChI is InChI=1S/C10H10FN3OS/c11-8-3-1-2-4-9(8)15-5-6-16-10-12-7-13-14-10/h1-4,7H,5-6H2,(H,12,13,14). The fourth-order valence-electron chi connectivity index (χ4n) is 1.12. The van der Waals surface area contributed by atoms with Gasteiger partial charge in [0, 0.05) is 5.75 Å². The van der Waals surface area contributed by atoms with Crippen LogP contribution in [0.4, 0.5) is 4.39 Å². The molecule has 1 heterocycles. The predicted octanol–water partition coefficient (Wildman–Crippen LogP) is 2.11. The van der Waals surface area contributed by atoms with E-state index in [9.17, 15) is 4.39 Å². The van der Waals surface area contributed by atoms with Crippen LogP contribution in [0.5, 0.6) is 5.75 Å². The number of hydrogen-bond acceptors (Lipinski definition) is 4. The highest BCUT2D eigenvalue weighted by molar-refractivity contribution is 7.99. The average Bonchev–Trinajstić information content (AvgIpc) is 2.79. The Labute approximate surface area is 96.2 Å². The van der Waals surface area contributed by atoms with Crippen molar-refractivity contribution in [3.8, 4) is 5.75 Å². The highest BCUT2D eigenvalue weighted by atomic mass is 32.2. The molecule has 2 rings (SSSR count). The topological polar surface area (TPSA) is 50.8 Å². The van der Waals surface area contributed by atoms with Gasteiger partial charge in [-0.3, -0.25) is 5.10 Å². The lowest BCUT2D eigenvalue weighted by Gasteiger charge is -2.05. The van der Waals surface area contributed by atoms with Crippen molar-refractivity contribution in [2.75, 3.05) is 12.4 Å². The molecule has 0 unspecified atom stereocenters. The third kappa shape index (κ3) is 2.96. The van der Waals surface area contributed by atoms with Crippen LogP contribution in [0.2, 0.25) is 0 Å². The zero-order valence-corrected chi connectivity index (χ0v) is 9.21. The second-order valence-corrected chi connectivity index (χ2v) is 4.00. The van der Waals surface area contributed by atoms with Crippen molar-refractivity contribution in [2.45, 2.75) is 5.16 Å². The lowest BCUT2D eigenvalue weighted by Crippen LogP contribution is -2.01. The summed E-state index contributed by atoms with van der Waals surface area (Å²) in [7, 11) is 0. The molecule has 0 bridgehead atoms. The largest absolute Gasteiger partial charge is 0.490 e. The summed E-state index contributed by atoms with van der Waals surface area (Å²) in [4.78, 5) is 3.95. The van der Waals surface area contributed by atoms with Gasteiger partial charge in [-0.1, -0.05) is 23.9 Å². The lowest BCUT2D eigenvalue weighted by atomic mass is 10.3. The zero-order valence-electron chi connectivity index (χ0n) is 8.39. The van der Waals surface area contributed by atoms with Crippen molar-refractivity contribution in [3.05, 3.63) is 36.4 Å². The monoisotopic (exact) mass is 239 g/mol. The maximum absolute atomic E-state index is 13.1. The molecule has 2 aromatic rings. The Hall–Kier alpha value is -1.56. The van der Waals surface area contributed by atoms with Gasteiger partial charge in [0.05, 0.1) is 6.61 Å². The smallest absolute Gasteiger partial charge is 0.183 e. The molecule has 6 heteroatoms. The van der Waals surface area contributed by atoms with E-state index in [1.54, 1.807) is 18.2 Å². The fraction of sp³-hybridized carbons (Fsp3) is 0.200. The van der Waals surface area contributed by atoms with E-state index in [4.69, 9.17) is 4.74 Å². The molecule has 0 amide bonds. The quantitative estimate of drug-likeness (QED) is 0.641. The summed E-state index contributed by atoms with van der Waals surface area (Å²) >= 11 is 1.48. The number of rotatable bonds is 5. The normalized spacial score (nSPS) is 10.3.